The first kappa shape index (κ1) is 11.2. The lowest BCUT2D eigenvalue weighted by Gasteiger charge is -2.37. The molecule has 2 saturated heterocycles. The van der Waals surface area contributed by atoms with E-state index in [0.717, 1.165) is 6.42 Å². The van der Waals surface area contributed by atoms with Crippen molar-refractivity contribution in [1.82, 2.24) is 10.2 Å². The number of β-lactam (4-membered cyclic amide) rings is 1. The smallest absolute Gasteiger partial charge is 0.410 e. The minimum absolute atomic E-state index is 0.0681. The number of nitrogens with one attached hydrogen (secondary N) is 1. The van der Waals surface area contributed by atoms with E-state index in [1.54, 1.807) is 4.90 Å². The van der Waals surface area contributed by atoms with Crippen molar-refractivity contribution >= 4 is 12.0 Å². The lowest BCUT2D eigenvalue weighted by molar-refractivity contribution is -0.138. The molecular weight excluding hydrogens is 208 g/mol. The van der Waals surface area contributed by atoms with Gasteiger partial charge in [-0.15, -0.1) is 0 Å². The average Bonchev–Trinajstić information content (AvgIpc) is 2.59. The Morgan fingerprint density at radius 2 is 2.19 bits per heavy atom. The molecule has 0 bridgehead atoms. The van der Waals surface area contributed by atoms with Gasteiger partial charge in [-0.2, -0.15) is 0 Å². The van der Waals surface area contributed by atoms with Crippen LogP contribution in [0.4, 0.5) is 4.79 Å². The zero-order valence-corrected chi connectivity index (χ0v) is 10.0. The van der Waals surface area contributed by atoms with Crippen LogP contribution in [0.2, 0.25) is 0 Å². The second-order valence-electron chi connectivity index (χ2n) is 5.61. The highest BCUT2D eigenvalue weighted by atomic mass is 16.6. The first-order chi connectivity index (χ1) is 7.32. The number of likely N-dealkylation sites (tertiary alicyclic amines) is 1. The lowest BCUT2D eigenvalue weighted by atomic mass is 9.80. The van der Waals surface area contributed by atoms with Crippen LogP contribution in [0.1, 0.15) is 27.2 Å². The third kappa shape index (κ3) is 1.86. The summed E-state index contributed by atoms with van der Waals surface area (Å²) in [5, 5.41) is 2.73. The van der Waals surface area contributed by atoms with E-state index in [-0.39, 0.29) is 17.4 Å². The molecule has 0 saturated carbocycles. The molecular formula is C11H18N2O3. The molecule has 0 aromatic carbocycles. The van der Waals surface area contributed by atoms with Crippen LogP contribution in [0.25, 0.3) is 0 Å². The predicted molar refractivity (Wildman–Crippen MR) is 57.9 cm³/mol. The molecule has 90 valence electrons. The number of hydrogen-bond acceptors (Lipinski definition) is 3. The van der Waals surface area contributed by atoms with E-state index < -0.39 is 5.60 Å². The fourth-order valence-electron chi connectivity index (χ4n) is 2.09. The monoisotopic (exact) mass is 226 g/mol. The first-order valence-electron chi connectivity index (χ1n) is 5.59. The van der Waals surface area contributed by atoms with Crippen molar-refractivity contribution in [3.63, 3.8) is 0 Å². The van der Waals surface area contributed by atoms with Crippen molar-refractivity contribution in [2.24, 2.45) is 5.41 Å². The predicted octanol–water partition coefficient (Wildman–Crippen LogP) is 0.743. The number of hydrogen-bond donors (Lipinski definition) is 1. The minimum atomic E-state index is -0.477. The Hall–Kier alpha value is -1.26. The molecule has 16 heavy (non-hydrogen) atoms. The van der Waals surface area contributed by atoms with Crippen LogP contribution in [-0.2, 0) is 9.53 Å². The number of amides is 2. The van der Waals surface area contributed by atoms with E-state index in [9.17, 15) is 9.59 Å². The quantitative estimate of drug-likeness (QED) is 0.620. The topological polar surface area (TPSA) is 58.6 Å². The van der Waals surface area contributed by atoms with Gasteiger partial charge in [-0.1, -0.05) is 0 Å². The summed E-state index contributed by atoms with van der Waals surface area (Å²) in [4.78, 5) is 24.8. The van der Waals surface area contributed by atoms with Gasteiger partial charge < -0.3 is 15.0 Å². The van der Waals surface area contributed by atoms with Gasteiger partial charge in [0.2, 0.25) is 5.91 Å². The molecule has 2 heterocycles. The second-order valence-corrected chi connectivity index (χ2v) is 5.61. The zero-order valence-electron chi connectivity index (χ0n) is 10.0. The molecule has 2 amide bonds. The van der Waals surface area contributed by atoms with E-state index in [1.807, 2.05) is 20.8 Å². The third-order valence-electron chi connectivity index (χ3n) is 3.07. The summed E-state index contributed by atoms with van der Waals surface area (Å²) in [6, 6.07) is 0. The highest BCUT2D eigenvalue weighted by Gasteiger charge is 2.52. The second kappa shape index (κ2) is 3.37. The Kier molecular flexibility index (Phi) is 2.36. The van der Waals surface area contributed by atoms with E-state index in [0.29, 0.717) is 19.6 Å². The van der Waals surface area contributed by atoms with Gasteiger partial charge in [0, 0.05) is 19.6 Å². The normalized spacial score (nSPS) is 28.9. The van der Waals surface area contributed by atoms with E-state index in [1.165, 1.54) is 0 Å². The van der Waals surface area contributed by atoms with Crippen LogP contribution in [0.5, 0.6) is 0 Å². The standard InChI is InChI=1S/C11H18N2O3/c1-10(2,3)16-9(15)13-5-4-11(7-13)6-12-8(11)14/h4-7H2,1-3H3,(H,12,14)/t11-/m0/s1. The molecule has 0 aromatic rings. The van der Waals surface area contributed by atoms with Crippen LogP contribution in [0.15, 0.2) is 0 Å². The van der Waals surface area contributed by atoms with Gasteiger partial charge in [0.1, 0.15) is 5.60 Å². The number of rotatable bonds is 0. The highest BCUT2D eigenvalue weighted by molar-refractivity contribution is 5.90. The molecule has 2 aliphatic rings. The SMILES string of the molecule is CC(C)(C)OC(=O)N1CC[C@]2(CNC2=O)C1. The summed E-state index contributed by atoms with van der Waals surface area (Å²) in [6.07, 6.45) is 0.432. The number of carbonyl (C=O) groups excluding carboxylic acids is 2. The van der Waals surface area contributed by atoms with Crippen molar-refractivity contribution in [3.8, 4) is 0 Å². The molecule has 2 fully saturated rings. The van der Waals surface area contributed by atoms with E-state index in [2.05, 4.69) is 5.32 Å². The van der Waals surface area contributed by atoms with Gasteiger partial charge >= 0.3 is 6.09 Å². The van der Waals surface area contributed by atoms with Crippen molar-refractivity contribution in [1.29, 1.82) is 0 Å². The molecule has 0 aromatic heterocycles. The Labute approximate surface area is 95.1 Å². The Balaban J connectivity index is 1.94. The maximum absolute atomic E-state index is 11.8. The zero-order chi connectivity index (χ0) is 12.0. The molecule has 0 radical (unpaired) electrons. The number of ether oxygens (including phenoxy) is 1. The molecule has 0 unspecified atom stereocenters. The van der Waals surface area contributed by atoms with Crippen LogP contribution >= 0.6 is 0 Å². The van der Waals surface area contributed by atoms with Gasteiger partial charge in [0.15, 0.2) is 0 Å². The summed E-state index contributed by atoms with van der Waals surface area (Å²) < 4.78 is 5.27. The largest absolute Gasteiger partial charge is 0.444 e. The maximum Gasteiger partial charge on any atom is 0.410 e. The third-order valence-corrected chi connectivity index (χ3v) is 3.07. The van der Waals surface area contributed by atoms with Crippen molar-refractivity contribution < 1.29 is 14.3 Å². The Bertz CT molecular complexity index is 335. The minimum Gasteiger partial charge on any atom is -0.444 e. The summed E-state index contributed by atoms with van der Waals surface area (Å²) >= 11 is 0. The van der Waals surface area contributed by atoms with Crippen LogP contribution in [-0.4, -0.2) is 42.1 Å². The van der Waals surface area contributed by atoms with Gasteiger partial charge in [0.25, 0.3) is 0 Å². The molecule has 1 spiro atoms. The highest BCUT2D eigenvalue weighted by Crippen LogP contribution is 2.35. The summed E-state index contributed by atoms with van der Waals surface area (Å²) in [7, 11) is 0. The summed E-state index contributed by atoms with van der Waals surface area (Å²) in [5.74, 6) is 0.0681. The maximum atomic E-state index is 11.8. The number of carbonyl (C=O) groups is 2. The molecule has 5 heteroatoms. The summed E-state index contributed by atoms with van der Waals surface area (Å²) in [6.45, 7) is 7.31. The molecule has 2 aliphatic heterocycles. The van der Waals surface area contributed by atoms with Crippen molar-refractivity contribution in [2.45, 2.75) is 32.8 Å². The fourth-order valence-corrected chi connectivity index (χ4v) is 2.09. The van der Waals surface area contributed by atoms with Gasteiger partial charge in [0.05, 0.1) is 5.41 Å². The number of nitrogens with zero attached hydrogens (tertiary/aromatic N) is 1. The van der Waals surface area contributed by atoms with Gasteiger partial charge in [-0.05, 0) is 27.2 Å². The first-order valence-corrected chi connectivity index (χ1v) is 5.59. The molecule has 0 aliphatic carbocycles. The molecule has 1 atom stereocenters. The average molecular weight is 226 g/mol. The fraction of sp³-hybridized carbons (Fsp3) is 0.818. The molecule has 1 N–H and O–H groups in total. The van der Waals surface area contributed by atoms with Crippen LogP contribution in [0, 0.1) is 5.41 Å². The van der Waals surface area contributed by atoms with Crippen molar-refractivity contribution in [2.75, 3.05) is 19.6 Å². The summed E-state index contributed by atoms with van der Waals surface area (Å²) in [5.41, 5.74) is -0.800. The Morgan fingerprint density at radius 1 is 1.50 bits per heavy atom. The van der Waals surface area contributed by atoms with E-state index in [4.69, 9.17) is 4.74 Å². The van der Waals surface area contributed by atoms with Gasteiger partial charge in [-0.3, -0.25) is 4.79 Å². The molecule has 2 rings (SSSR count). The van der Waals surface area contributed by atoms with E-state index >= 15 is 0 Å². The van der Waals surface area contributed by atoms with Gasteiger partial charge in [-0.25, -0.2) is 4.79 Å². The molecule has 5 nitrogen and oxygen atoms in total. The Morgan fingerprint density at radius 3 is 2.56 bits per heavy atom. The van der Waals surface area contributed by atoms with Crippen LogP contribution in [0.3, 0.4) is 0 Å². The van der Waals surface area contributed by atoms with Crippen LogP contribution < -0.4 is 5.32 Å². The van der Waals surface area contributed by atoms with Crippen molar-refractivity contribution in [3.05, 3.63) is 0 Å². The lowest BCUT2D eigenvalue weighted by Crippen LogP contribution is -2.60.